The van der Waals surface area contributed by atoms with Gasteiger partial charge in [-0.25, -0.2) is 13.2 Å². The summed E-state index contributed by atoms with van der Waals surface area (Å²) in [6.07, 6.45) is 2.98. The van der Waals surface area contributed by atoms with Gasteiger partial charge in [0.05, 0.1) is 4.90 Å². The SMILES string of the molecule is CCN(CC)C(=O)N[C@H]1C[C@@H]2c3cc(S(=O)(=O)C(F)(F)F)cc4[nH]cc(c34)C[C@H]2N(C)C1. The molecule has 7 nitrogen and oxygen atoms in total. The number of likely N-dealkylation sites (N-methyl/N-ethyl adjacent to an activating group) is 1. The lowest BCUT2D eigenvalue weighted by molar-refractivity contribution is -0.0436. The highest BCUT2D eigenvalue weighted by atomic mass is 32.2. The number of H-pyrrole nitrogens is 1. The molecular weight excluding hydrogens is 445 g/mol. The molecular formula is C21H27F3N4O3S. The zero-order chi connectivity index (χ0) is 23.4. The number of hydrogen-bond acceptors (Lipinski definition) is 4. The van der Waals surface area contributed by atoms with Crippen LogP contribution in [-0.2, 0) is 16.3 Å². The van der Waals surface area contributed by atoms with Crippen LogP contribution in [-0.4, -0.2) is 73.5 Å². The van der Waals surface area contributed by atoms with Crippen molar-refractivity contribution in [1.82, 2.24) is 20.1 Å². The van der Waals surface area contributed by atoms with Crippen LogP contribution in [0.5, 0.6) is 0 Å². The van der Waals surface area contributed by atoms with E-state index in [4.69, 9.17) is 0 Å². The van der Waals surface area contributed by atoms with Crippen LogP contribution < -0.4 is 5.32 Å². The second-order valence-electron chi connectivity index (χ2n) is 8.57. The minimum absolute atomic E-state index is 0.00643. The molecule has 0 spiro atoms. The van der Waals surface area contributed by atoms with E-state index in [1.807, 2.05) is 20.9 Å². The van der Waals surface area contributed by atoms with Crippen LogP contribution in [0.3, 0.4) is 0 Å². The quantitative estimate of drug-likeness (QED) is 0.716. The highest BCUT2D eigenvalue weighted by Gasteiger charge is 2.48. The molecule has 1 aliphatic carbocycles. The largest absolute Gasteiger partial charge is 0.501 e. The number of urea groups is 1. The van der Waals surface area contributed by atoms with Crippen LogP contribution in [0.1, 0.15) is 37.3 Å². The van der Waals surface area contributed by atoms with Gasteiger partial charge < -0.3 is 20.1 Å². The fourth-order valence-electron chi connectivity index (χ4n) is 5.16. The number of aromatic nitrogens is 1. The number of fused-ring (bicyclic) bond motifs is 2. The topological polar surface area (TPSA) is 85.5 Å². The van der Waals surface area contributed by atoms with Crippen LogP contribution in [0.15, 0.2) is 23.2 Å². The molecule has 2 amide bonds. The van der Waals surface area contributed by atoms with Crippen molar-refractivity contribution in [3.05, 3.63) is 29.5 Å². The molecule has 1 aliphatic heterocycles. The molecule has 4 rings (SSSR count). The second kappa shape index (κ2) is 7.95. The summed E-state index contributed by atoms with van der Waals surface area (Å²) in [5.41, 5.74) is -3.44. The summed E-state index contributed by atoms with van der Waals surface area (Å²) in [7, 11) is -3.55. The Balaban J connectivity index is 1.74. The number of piperidine rings is 1. The summed E-state index contributed by atoms with van der Waals surface area (Å²) in [5, 5.41) is 3.83. The Hall–Kier alpha value is -2.27. The molecule has 2 aliphatic rings. The van der Waals surface area contributed by atoms with E-state index in [0.29, 0.717) is 43.6 Å². The van der Waals surface area contributed by atoms with Crippen molar-refractivity contribution in [2.45, 2.75) is 55.1 Å². The second-order valence-corrected chi connectivity index (χ2v) is 10.5. The maximum Gasteiger partial charge on any atom is 0.501 e. The average Bonchev–Trinajstić information content (AvgIpc) is 3.12. The molecule has 0 bridgehead atoms. The van der Waals surface area contributed by atoms with Gasteiger partial charge in [-0.3, -0.25) is 0 Å². The van der Waals surface area contributed by atoms with Crippen LogP contribution in [0, 0.1) is 0 Å². The third-order valence-corrected chi connectivity index (χ3v) is 8.23. The van der Waals surface area contributed by atoms with Crippen LogP contribution in [0.25, 0.3) is 10.9 Å². The lowest BCUT2D eigenvalue weighted by Crippen LogP contribution is -2.56. The van der Waals surface area contributed by atoms with E-state index in [1.165, 1.54) is 6.07 Å². The summed E-state index contributed by atoms with van der Waals surface area (Å²) in [4.78, 5) is 18.6. The number of halogens is 3. The molecule has 2 N–H and O–H groups in total. The van der Waals surface area contributed by atoms with Crippen LogP contribution >= 0.6 is 0 Å². The van der Waals surface area contributed by atoms with Crippen molar-refractivity contribution in [2.75, 3.05) is 26.7 Å². The molecule has 11 heteroatoms. The van der Waals surface area contributed by atoms with E-state index in [2.05, 4.69) is 15.2 Å². The summed E-state index contributed by atoms with van der Waals surface area (Å²) < 4.78 is 64.1. The minimum Gasteiger partial charge on any atom is -0.361 e. The van der Waals surface area contributed by atoms with E-state index >= 15 is 0 Å². The van der Waals surface area contributed by atoms with Gasteiger partial charge in [0.15, 0.2) is 0 Å². The van der Waals surface area contributed by atoms with Gasteiger partial charge in [0, 0.05) is 54.7 Å². The van der Waals surface area contributed by atoms with E-state index < -0.39 is 20.2 Å². The fourth-order valence-corrected chi connectivity index (χ4v) is 5.98. The number of rotatable bonds is 4. The van der Waals surface area contributed by atoms with Crippen LogP contribution in [0.2, 0.25) is 0 Å². The predicted octanol–water partition coefficient (Wildman–Crippen LogP) is 3.23. The number of amides is 2. The number of alkyl halides is 3. The van der Waals surface area contributed by atoms with Gasteiger partial charge in [0.25, 0.3) is 9.84 Å². The monoisotopic (exact) mass is 472 g/mol. The lowest BCUT2D eigenvalue weighted by Gasteiger charge is -2.46. The first-order valence-electron chi connectivity index (χ1n) is 10.7. The van der Waals surface area contributed by atoms with Crippen molar-refractivity contribution in [1.29, 1.82) is 0 Å². The first-order valence-corrected chi connectivity index (χ1v) is 12.2. The first kappa shape index (κ1) is 22.9. The third-order valence-electron chi connectivity index (χ3n) is 6.76. The molecule has 3 atom stereocenters. The van der Waals surface area contributed by atoms with E-state index in [-0.39, 0.29) is 24.0 Å². The van der Waals surface area contributed by atoms with Crippen molar-refractivity contribution in [2.24, 2.45) is 0 Å². The van der Waals surface area contributed by atoms with Gasteiger partial charge >= 0.3 is 11.5 Å². The summed E-state index contributed by atoms with van der Waals surface area (Å²) in [5.74, 6) is -0.204. The maximum atomic E-state index is 13.3. The highest BCUT2D eigenvalue weighted by Crippen LogP contribution is 2.45. The van der Waals surface area contributed by atoms with Gasteiger partial charge in [0.2, 0.25) is 0 Å². The number of nitrogens with one attached hydrogen (secondary N) is 2. The first-order chi connectivity index (χ1) is 15.0. The Morgan fingerprint density at radius 1 is 1.28 bits per heavy atom. The third kappa shape index (κ3) is 3.64. The summed E-state index contributed by atoms with van der Waals surface area (Å²) in [6, 6.07) is 1.88. The van der Waals surface area contributed by atoms with Crippen molar-refractivity contribution < 1.29 is 26.4 Å². The molecule has 0 radical (unpaired) electrons. The molecule has 1 saturated heterocycles. The number of sulfone groups is 1. The van der Waals surface area contributed by atoms with Crippen molar-refractivity contribution >= 4 is 26.8 Å². The van der Waals surface area contributed by atoms with Crippen LogP contribution in [0.4, 0.5) is 18.0 Å². The van der Waals surface area contributed by atoms with E-state index in [0.717, 1.165) is 17.0 Å². The molecule has 1 aromatic carbocycles. The Morgan fingerprint density at radius 2 is 1.97 bits per heavy atom. The fraction of sp³-hybridized carbons (Fsp3) is 0.571. The normalized spacial score (nSPS) is 23.8. The molecule has 0 saturated carbocycles. The van der Waals surface area contributed by atoms with Gasteiger partial charge in [-0.05, 0) is 57.0 Å². The van der Waals surface area contributed by atoms with Crippen molar-refractivity contribution in [3.8, 4) is 0 Å². The van der Waals surface area contributed by atoms with Gasteiger partial charge in [0.1, 0.15) is 0 Å². The lowest BCUT2D eigenvalue weighted by atomic mass is 9.74. The number of carbonyl (C=O) groups is 1. The van der Waals surface area contributed by atoms with E-state index in [9.17, 15) is 26.4 Å². The molecule has 1 fully saturated rings. The van der Waals surface area contributed by atoms with E-state index in [1.54, 1.807) is 11.1 Å². The number of aromatic amines is 1. The summed E-state index contributed by atoms with van der Waals surface area (Å²) >= 11 is 0. The van der Waals surface area contributed by atoms with Gasteiger partial charge in [-0.2, -0.15) is 13.2 Å². The standard InChI is InChI=1S/C21H27F3N4O3S/c1-4-28(5-2)20(29)26-13-7-15-16-8-14(32(30,31)21(22,23)24)9-17-19(16)12(10-25-17)6-18(15)27(3)11-13/h8-10,13,15,18,25H,4-7,11H2,1-3H3,(H,26,29)/t13-,15+,18+/m0/s1. The zero-order valence-electron chi connectivity index (χ0n) is 18.2. The number of benzene rings is 1. The Labute approximate surface area is 184 Å². The van der Waals surface area contributed by atoms with Crippen molar-refractivity contribution in [3.63, 3.8) is 0 Å². The molecule has 0 unspecified atom stereocenters. The number of likely N-dealkylation sites (tertiary alicyclic amines) is 1. The maximum absolute atomic E-state index is 13.3. The predicted molar refractivity (Wildman–Crippen MR) is 114 cm³/mol. The number of hydrogen-bond donors (Lipinski definition) is 2. The van der Waals surface area contributed by atoms with Gasteiger partial charge in [-0.15, -0.1) is 0 Å². The Kier molecular flexibility index (Phi) is 5.69. The smallest absolute Gasteiger partial charge is 0.361 e. The highest BCUT2D eigenvalue weighted by molar-refractivity contribution is 7.92. The number of carbonyl (C=O) groups excluding carboxylic acids is 1. The Morgan fingerprint density at radius 3 is 2.59 bits per heavy atom. The zero-order valence-corrected chi connectivity index (χ0v) is 19.0. The molecule has 2 heterocycles. The molecule has 32 heavy (non-hydrogen) atoms. The molecule has 1 aromatic heterocycles. The minimum atomic E-state index is -5.48. The van der Waals surface area contributed by atoms with Gasteiger partial charge in [-0.1, -0.05) is 0 Å². The summed E-state index contributed by atoms with van der Waals surface area (Å²) in [6.45, 7) is 5.54. The Bertz CT molecular complexity index is 1140. The molecule has 2 aromatic rings. The average molecular weight is 473 g/mol. The molecule has 176 valence electrons. The number of nitrogens with zero attached hydrogens (tertiary/aromatic N) is 2.